The SMILES string of the molecule is C[C@@H]1CCCC[C@@]12NC(=O)N(CN1CCN(S(=O)(=O)c3ccc4c(c3)OCCCO4)CC1)C2=O. The van der Waals surface area contributed by atoms with Crippen LogP contribution in [0.25, 0.3) is 0 Å². The molecule has 3 fully saturated rings. The molecule has 11 heteroatoms. The number of fused-ring (bicyclic) bond motifs is 1. The Morgan fingerprint density at radius 1 is 1.03 bits per heavy atom. The number of ether oxygens (including phenoxy) is 2. The standard InChI is InChI=1S/C23H32N4O6S/c1-17-5-2-3-8-23(17)21(28)27(22(29)24-23)16-25-9-11-26(12-10-25)34(30,31)18-6-7-19-20(15-18)33-14-4-13-32-19/h6-7,15,17H,2-5,8-14,16H2,1H3,(H,24,29)/t17-,23-/m1/s1. The summed E-state index contributed by atoms with van der Waals surface area (Å²) in [6.07, 6.45) is 4.36. The van der Waals surface area contributed by atoms with Gasteiger partial charge in [0.25, 0.3) is 5.91 Å². The highest BCUT2D eigenvalue weighted by Gasteiger charge is 2.55. The topological polar surface area (TPSA) is 108 Å². The second-order valence-corrected chi connectivity index (χ2v) is 11.5. The van der Waals surface area contributed by atoms with Crippen LogP contribution in [0.1, 0.15) is 39.0 Å². The molecule has 34 heavy (non-hydrogen) atoms. The fraction of sp³-hybridized carbons (Fsp3) is 0.652. The van der Waals surface area contributed by atoms with Crippen molar-refractivity contribution in [3.05, 3.63) is 18.2 Å². The van der Waals surface area contributed by atoms with Gasteiger partial charge in [-0.3, -0.25) is 9.69 Å². The zero-order chi connectivity index (χ0) is 23.9. The minimum atomic E-state index is -3.70. The predicted octanol–water partition coefficient (Wildman–Crippen LogP) is 1.61. The molecule has 0 aromatic heterocycles. The van der Waals surface area contributed by atoms with Crippen LogP contribution in [0.5, 0.6) is 11.5 Å². The van der Waals surface area contributed by atoms with E-state index in [1.165, 1.54) is 15.3 Å². The van der Waals surface area contributed by atoms with Crippen LogP contribution in [0, 0.1) is 5.92 Å². The molecular formula is C23H32N4O6S. The third kappa shape index (κ3) is 4.03. The summed E-state index contributed by atoms with van der Waals surface area (Å²) in [6.45, 7) is 4.66. The van der Waals surface area contributed by atoms with Crippen LogP contribution in [0.4, 0.5) is 4.79 Å². The molecule has 2 atom stereocenters. The Kier molecular flexibility index (Phi) is 6.19. The number of sulfonamides is 1. The first-order valence-corrected chi connectivity index (χ1v) is 13.5. The summed E-state index contributed by atoms with van der Waals surface area (Å²) < 4.78 is 39.2. The van der Waals surface area contributed by atoms with Crippen LogP contribution >= 0.6 is 0 Å². The summed E-state index contributed by atoms with van der Waals surface area (Å²) in [5.41, 5.74) is -0.780. The number of carbonyl (C=O) groups excluding carboxylic acids is 2. The Balaban J connectivity index is 1.22. The van der Waals surface area contributed by atoms with Gasteiger partial charge in [0, 0.05) is 38.7 Å². The fourth-order valence-electron chi connectivity index (χ4n) is 5.39. The van der Waals surface area contributed by atoms with Gasteiger partial charge < -0.3 is 14.8 Å². The third-order valence-corrected chi connectivity index (χ3v) is 9.43. The second kappa shape index (κ2) is 9.01. The lowest BCUT2D eigenvalue weighted by Crippen LogP contribution is -2.55. The van der Waals surface area contributed by atoms with E-state index in [1.54, 1.807) is 12.1 Å². The number of nitrogens with one attached hydrogen (secondary N) is 1. The van der Waals surface area contributed by atoms with Crippen LogP contribution in [-0.2, 0) is 14.8 Å². The van der Waals surface area contributed by atoms with Crippen LogP contribution in [0.2, 0.25) is 0 Å². The molecule has 1 N–H and O–H groups in total. The molecule has 4 aliphatic rings. The minimum Gasteiger partial charge on any atom is -0.490 e. The molecule has 1 spiro atoms. The first kappa shape index (κ1) is 23.4. The average Bonchev–Trinajstić information content (AvgIpc) is 2.99. The summed E-state index contributed by atoms with van der Waals surface area (Å²) in [5.74, 6) is 0.966. The molecule has 3 amide bonds. The predicted molar refractivity (Wildman–Crippen MR) is 123 cm³/mol. The van der Waals surface area contributed by atoms with Crippen LogP contribution in [0.15, 0.2) is 23.1 Å². The fourth-order valence-corrected chi connectivity index (χ4v) is 6.83. The number of imide groups is 1. The molecule has 1 aromatic rings. The molecule has 0 bridgehead atoms. The Hall–Kier alpha value is -2.37. The highest BCUT2D eigenvalue weighted by atomic mass is 32.2. The van der Waals surface area contributed by atoms with Gasteiger partial charge in [-0.05, 0) is 30.9 Å². The molecule has 186 valence electrons. The van der Waals surface area contributed by atoms with Crippen molar-refractivity contribution < 1.29 is 27.5 Å². The number of rotatable bonds is 4. The summed E-state index contributed by atoms with van der Waals surface area (Å²) in [6, 6.07) is 4.37. The van der Waals surface area contributed by atoms with Gasteiger partial charge in [0.15, 0.2) is 11.5 Å². The number of benzene rings is 1. The van der Waals surface area contributed by atoms with Crippen molar-refractivity contribution in [3.8, 4) is 11.5 Å². The van der Waals surface area contributed by atoms with Gasteiger partial charge in [-0.15, -0.1) is 0 Å². The Morgan fingerprint density at radius 2 is 1.76 bits per heavy atom. The monoisotopic (exact) mass is 492 g/mol. The molecule has 0 radical (unpaired) electrons. The quantitative estimate of drug-likeness (QED) is 0.636. The summed E-state index contributed by atoms with van der Waals surface area (Å²) >= 11 is 0. The van der Waals surface area contributed by atoms with Gasteiger partial charge in [-0.1, -0.05) is 19.8 Å². The molecular weight excluding hydrogens is 460 g/mol. The molecule has 1 aliphatic carbocycles. The molecule has 3 aliphatic heterocycles. The van der Waals surface area contributed by atoms with Gasteiger partial charge in [0.2, 0.25) is 10.0 Å². The van der Waals surface area contributed by atoms with Crippen LogP contribution in [-0.4, -0.2) is 86.1 Å². The zero-order valence-corrected chi connectivity index (χ0v) is 20.3. The van der Waals surface area contributed by atoms with E-state index in [1.807, 2.05) is 11.8 Å². The normalized spacial score (nSPS) is 28.7. The van der Waals surface area contributed by atoms with E-state index in [-0.39, 0.29) is 42.5 Å². The lowest BCUT2D eigenvalue weighted by molar-refractivity contribution is -0.135. The summed E-state index contributed by atoms with van der Waals surface area (Å²) in [5, 5.41) is 2.97. The van der Waals surface area contributed by atoms with E-state index in [4.69, 9.17) is 9.47 Å². The highest BCUT2D eigenvalue weighted by Crippen LogP contribution is 2.38. The van der Waals surface area contributed by atoms with Crippen molar-refractivity contribution in [1.29, 1.82) is 0 Å². The van der Waals surface area contributed by atoms with Crippen molar-refractivity contribution in [2.45, 2.75) is 49.5 Å². The lowest BCUT2D eigenvalue weighted by atomic mass is 9.73. The van der Waals surface area contributed by atoms with Crippen molar-refractivity contribution in [1.82, 2.24) is 19.4 Å². The van der Waals surface area contributed by atoms with Gasteiger partial charge in [-0.2, -0.15) is 4.31 Å². The van der Waals surface area contributed by atoms with Crippen molar-refractivity contribution in [2.24, 2.45) is 5.92 Å². The van der Waals surface area contributed by atoms with E-state index in [0.29, 0.717) is 44.2 Å². The zero-order valence-electron chi connectivity index (χ0n) is 19.5. The largest absolute Gasteiger partial charge is 0.490 e. The molecule has 1 aromatic carbocycles. The molecule has 5 rings (SSSR count). The van der Waals surface area contributed by atoms with E-state index >= 15 is 0 Å². The smallest absolute Gasteiger partial charge is 0.326 e. The van der Waals surface area contributed by atoms with Crippen molar-refractivity contribution in [3.63, 3.8) is 0 Å². The number of hydrogen-bond donors (Lipinski definition) is 1. The van der Waals surface area contributed by atoms with Gasteiger partial charge in [0.1, 0.15) is 5.54 Å². The van der Waals surface area contributed by atoms with E-state index in [0.717, 1.165) is 25.7 Å². The molecule has 1 saturated carbocycles. The Bertz CT molecular complexity index is 1070. The summed E-state index contributed by atoms with van der Waals surface area (Å²) in [4.78, 5) is 29.3. The molecule has 0 unspecified atom stereocenters. The Labute approximate surface area is 200 Å². The van der Waals surface area contributed by atoms with E-state index < -0.39 is 15.6 Å². The minimum absolute atomic E-state index is 0.111. The maximum absolute atomic E-state index is 13.2. The van der Waals surface area contributed by atoms with E-state index in [2.05, 4.69) is 5.32 Å². The Morgan fingerprint density at radius 3 is 2.50 bits per heavy atom. The molecule has 2 saturated heterocycles. The average molecular weight is 493 g/mol. The maximum atomic E-state index is 13.2. The third-order valence-electron chi connectivity index (χ3n) is 7.53. The molecule has 3 heterocycles. The number of piperazine rings is 1. The maximum Gasteiger partial charge on any atom is 0.326 e. The van der Waals surface area contributed by atoms with E-state index in [9.17, 15) is 18.0 Å². The number of carbonyl (C=O) groups is 2. The van der Waals surface area contributed by atoms with Gasteiger partial charge in [-0.25, -0.2) is 18.1 Å². The van der Waals surface area contributed by atoms with Crippen LogP contribution < -0.4 is 14.8 Å². The lowest BCUT2D eigenvalue weighted by Gasteiger charge is -2.38. The number of amides is 3. The van der Waals surface area contributed by atoms with Crippen LogP contribution in [0.3, 0.4) is 0 Å². The highest BCUT2D eigenvalue weighted by molar-refractivity contribution is 7.89. The summed E-state index contributed by atoms with van der Waals surface area (Å²) in [7, 11) is -3.70. The first-order chi connectivity index (χ1) is 16.3. The van der Waals surface area contributed by atoms with Gasteiger partial charge >= 0.3 is 6.03 Å². The van der Waals surface area contributed by atoms with Gasteiger partial charge in [0.05, 0.1) is 24.8 Å². The second-order valence-electron chi connectivity index (χ2n) is 9.60. The number of hydrogen-bond acceptors (Lipinski definition) is 7. The first-order valence-electron chi connectivity index (χ1n) is 12.1. The van der Waals surface area contributed by atoms with Crippen molar-refractivity contribution in [2.75, 3.05) is 46.1 Å². The van der Waals surface area contributed by atoms with Crippen molar-refractivity contribution >= 4 is 22.0 Å². The number of nitrogens with zero attached hydrogens (tertiary/aromatic N) is 3. The molecule has 10 nitrogen and oxygen atoms in total. The number of urea groups is 1.